The zero-order valence-corrected chi connectivity index (χ0v) is 82.7. The summed E-state index contributed by atoms with van der Waals surface area (Å²) in [6, 6.07) is 173. The molecule has 0 atom stereocenters. The van der Waals surface area contributed by atoms with E-state index >= 15 is 0 Å². The maximum Gasteiger partial charge on any atom is 0.143 e. The molecule has 0 radical (unpaired) electrons. The van der Waals surface area contributed by atoms with Crippen molar-refractivity contribution in [3.05, 3.63) is 479 Å². The number of para-hydroxylation sites is 12. The third kappa shape index (κ3) is 12.1. The van der Waals surface area contributed by atoms with E-state index in [1.807, 2.05) is 46.1 Å². The van der Waals surface area contributed by atoms with Gasteiger partial charge < -0.3 is 40.5 Å². The highest BCUT2D eigenvalue weighted by molar-refractivity contribution is 7.27. The standard InChI is InChI=1S/2C48H28N2OS.C42H23NO2S/c1-2-12-29(13-3-1)50-40-21-7-4-14-31(40)33-25-26-42-45(46(33)50)38-16-5-8-22-41(38)49(42)30-24-27-43-39(28-30)35-18-10-17-34(47(35)51-43)37-20-11-19-36-32-15-6-9-23-44(32)52-48(36)37;1-2-12-29(13-3-1)49-41-21-7-4-14-31(41)34-25-26-35-32-15-5-8-22-42(32)50(46(35)45(34)49)30-24-27-43-40(28-30)37-18-10-17-36(47(37)51-43)39-20-11-19-38-33-16-6-9-23-44(33)52-48(38)39;1-4-16-35-25(9-1)32-22-34-27-11-3-6-18-39(27)46-40(34)23-36(32)43(35)24-19-20-38-33(21-24)31-15-8-14-30(42(31)45-38)29-13-7-12-28-26-10-2-5-17-37(26)44-41(28)29/h2*1-28H;1-23H. The maximum atomic E-state index is 6.79. The minimum Gasteiger partial charge on any atom is -0.455 e. The Morgan fingerprint density at radius 1 is 0.140 bits per heavy atom. The topological polar surface area (TPSA) is 77.2 Å². The number of aromatic nitrogens is 5. The predicted octanol–water partition coefficient (Wildman–Crippen LogP) is 40.2. The van der Waals surface area contributed by atoms with Crippen molar-refractivity contribution >= 4 is 291 Å². The summed E-state index contributed by atoms with van der Waals surface area (Å²) in [5.41, 5.74) is 31.5. The first-order valence-electron chi connectivity index (χ1n) is 50.9. The van der Waals surface area contributed by atoms with Crippen LogP contribution in [-0.4, -0.2) is 22.8 Å². The molecule has 0 saturated carbocycles. The molecule has 0 amide bonds. The Labute approximate surface area is 866 Å². The van der Waals surface area contributed by atoms with E-state index in [9.17, 15) is 0 Å². The summed E-state index contributed by atoms with van der Waals surface area (Å²) in [5.74, 6) is 0. The molecule has 0 spiro atoms. The molecule has 0 aliphatic heterocycles. The average molecular weight is 1970 g/mol. The molecule has 0 N–H and O–H groups in total. The lowest BCUT2D eigenvalue weighted by molar-refractivity contribution is 0.665. The van der Waals surface area contributed by atoms with Crippen molar-refractivity contribution in [2.45, 2.75) is 0 Å². The molecule has 12 heteroatoms. The van der Waals surface area contributed by atoms with E-state index in [4.69, 9.17) is 17.7 Å². The third-order valence-corrected chi connectivity index (χ3v) is 35.0. The first-order chi connectivity index (χ1) is 74.4. The first kappa shape index (κ1) is 83.3. The predicted molar refractivity (Wildman–Crippen MR) is 635 cm³/mol. The van der Waals surface area contributed by atoms with Gasteiger partial charge in [-0.3, -0.25) is 0 Å². The van der Waals surface area contributed by atoms with E-state index in [1.165, 1.54) is 181 Å². The highest BCUT2D eigenvalue weighted by Gasteiger charge is 2.29. The van der Waals surface area contributed by atoms with Gasteiger partial charge in [0.15, 0.2) is 0 Å². The van der Waals surface area contributed by atoms with Gasteiger partial charge in [-0.2, -0.15) is 0 Å². The van der Waals surface area contributed by atoms with Crippen molar-refractivity contribution in [3.63, 3.8) is 0 Å². The van der Waals surface area contributed by atoms with Gasteiger partial charge in [0.25, 0.3) is 0 Å². The van der Waals surface area contributed by atoms with Gasteiger partial charge in [0.05, 0.1) is 55.2 Å². The van der Waals surface area contributed by atoms with Gasteiger partial charge in [-0.1, -0.05) is 328 Å². The second-order valence-corrected chi connectivity index (χ2v) is 42.5. The van der Waals surface area contributed by atoms with Gasteiger partial charge in [-0.15, -0.1) is 34.0 Å². The van der Waals surface area contributed by atoms with Crippen LogP contribution in [0.1, 0.15) is 0 Å². The van der Waals surface area contributed by atoms with Crippen molar-refractivity contribution in [1.29, 1.82) is 0 Å². The summed E-state index contributed by atoms with van der Waals surface area (Å²) in [6.07, 6.45) is 0. The highest BCUT2D eigenvalue weighted by atomic mass is 32.1. The second-order valence-electron chi connectivity index (χ2n) is 39.3. The zero-order valence-electron chi connectivity index (χ0n) is 80.2. The molecule has 0 aliphatic carbocycles. The van der Waals surface area contributed by atoms with Crippen LogP contribution in [-0.2, 0) is 0 Å². The van der Waals surface area contributed by atoms with Crippen LogP contribution in [0, 0.1) is 0 Å². The summed E-state index contributed by atoms with van der Waals surface area (Å²) in [6.45, 7) is 0. The molecule has 0 bridgehead atoms. The van der Waals surface area contributed by atoms with Crippen molar-refractivity contribution in [3.8, 4) is 61.8 Å². The average Bonchev–Trinajstić information content (AvgIpc) is 1.53. The van der Waals surface area contributed by atoms with Crippen LogP contribution in [0.3, 0.4) is 0 Å². The number of furan rings is 4. The van der Waals surface area contributed by atoms with Crippen molar-refractivity contribution in [2.75, 3.05) is 0 Å². The molecule has 12 aromatic heterocycles. The molecule has 698 valence electrons. The Balaban J connectivity index is 0.0000000976. The van der Waals surface area contributed by atoms with Gasteiger partial charge in [0.2, 0.25) is 0 Å². The molecule has 12 heterocycles. The normalized spacial score (nSPS) is 12.3. The summed E-state index contributed by atoms with van der Waals surface area (Å²) >= 11 is 5.57. The van der Waals surface area contributed by atoms with E-state index in [0.717, 1.165) is 138 Å². The van der Waals surface area contributed by atoms with Crippen molar-refractivity contribution in [2.24, 2.45) is 0 Å². The van der Waals surface area contributed by atoms with E-state index in [-0.39, 0.29) is 0 Å². The molecule has 9 nitrogen and oxygen atoms in total. The number of nitrogens with zero attached hydrogens (tertiary/aromatic N) is 5. The minimum absolute atomic E-state index is 0.871. The third-order valence-electron chi connectivity index (χ3n) is 31.4. The van der Waals surface area contributed by atoms with Gasteiger partial charge in [-0.05, 0) is 152 Å². The van der Waals surface area contributed by atoms with Gasteiger partial charge in [0.1, 0.15) is 44.7 Å². The maximum absolute atomic E-state index is 6.79. The van der Waals surface area contributed by atoms with E-state index in [1.54, 1.807) is 0 Å². The van der Waals surface area contributed by atoms with E-state index in [0.29, 0.717) is 0 Å². The Morgan fingerprint density at radius 3 is 0.913 bits per heavy atom. The zero-order chi connectivity index (χ0) is 97.8. The number of thiophene rings is 3. The van der Waals surface area contributed by atoms with Gasteiger partial charge in [0, 0.05) is 219 Å². The summed E-state index contributed by atoms with van der Waals surface area (Å²) in [7, 11) is 0. The lowest BCUT2D eigenvalue weighted by Crippen LogP contribution is -1.98. The molecular formula is C138H79N5O4S3. The summed E-state index contributed by atoms with van der Waals surface area (Å²) in [4.78, 5) is 0. The highest BCUT2D eigenvalue weighted by Crippen LogP contribution is 2.53. The smallest absolute Gasteiger partial charge is 0.143 e. The lowest BCUT2D eigenvalue weighted by atomic mass is 10.00. The Hall–Kier alpha value is -19.1. The summed E-state index contributed by atoms with van der Waals surface area (Å²) < 4.78 is 46.6. The molecule has 0 saturated heterocycles. The molecule has 35 aromatic rings. The molecule has 23 aromatic carbocycles. The first-order valence-corrected chi connectivity index (χ1v) is 53.3. The number of rotatable bonds is 8. The largest absolute Gasteiger partial charge is 0.455 e. The molecule has 0 unspecified atom stereocenters. The number of hydrogen-bond donors (Lipinski definition) is 0. The van der Waals surface area contributed by atoms with Crippen LogP contribution in [0.15, 0.2) is 497 Å². The van der Waals surface area contributed by atoms with E-state index < -0.39 is 0 Å². The molecule has 0 fully saturated rings. The van der Waals surface area contributed by atoms with Crippen molar-refractivity contribution < 1.29 is 17.7 Å². The molecule has 150 heavy (non-hydrogen) atoms. The van der Waals surface area contributed by atoms with Crippen LogP contribution in [0.25, 0.3) is 319 Å². The molecular weight excluding hydrogens is 1890 g/mol. The number of benzene rings is 23. The van der Waals surface area contributed by atoms with Crippen LogP contribution < -0.4 is 0 Å². The van der Waals surface area contributed by atoms with Gasteiger partial charge in [-0.25, -0.2) is 0 Å². The number of hydrogen-bond acceptors (Lipinski definition) is 7. The SMILES string of the molecule is c1ccc(-n2c3ccccc3c3ccc4c(c5ccccc5n4-c4ccc5oc6c(-c7cccc8c7sc7ccccc78)cccc6c5c4)c32)cc1.c1ccc(-n2c3ccccc3c3ccc4c5ccccc5n(-c5ccc6oc7c(-c8cccc9c8sc8ccccc89)cccc7c6c5)c4c32)cc1.c1ccc2c(c1)oc1c(-c3cccc4c3oc3ccc(-n5c6ccccc6c6cc7c(cc65)sc5ccccc57)cc34)cccc12. The fraction of sp³-hybridized carbons (Fsp3) is 0. The fourth-order valence-electron chi connectivity index (χ4n) is 25.0. The van der Waals surface area contributed by atoms with Crippen LogP contribution in [0.5, 0.6) is 0 Å². The van der Waals surface area contributed by atoms with Crippen LogP contribution >= 0.6 is 34.0 Å². The minimum atomic E-state index is 0.871. The van der Waals surface area contributed by atoms with E-state index in [2.05, 4.69) is 490 Å². The molecule has 0 aliphatic rings. The Kier molecular flexibility index (Phi) is 17.9. The van der Waals surface area contributed by atoms with Crippen LogP contribution in [0.2, 0.25) is 0 Å². The fourth-order valence-corrected chi connectivity index (χ4v) is 28.6. The Bertz CT molecular complexity index is 12000. The quantitative estimate of drug-likeness (QED) is 0.152. The second kappa shape index (κ2) is 32.2. The van der Waals surface area contributed by atoms with Crippen molar-refractivity contribution in [1.82, 2.24) is 22.8 Å². The number of fused-ring (bicyclic) bond motifs is 38. The van der Waals surface area contributed by atoms with Crippen LogP contribution in [0.4, 0.5) is 0 Å². The Morgan fingerprint density at radius 2 is 0.447 bits per heavy atom. The monoisotopic (exact) mass is 1970 g/mol. The lowest BCUT2D eigenvalue weighted by Gasteiger charge is -2.12. The summed E-state index contributed by atoms with van der Waals surface area (Å²) in [5, 5.41) is 29.2. The van der Waals surface area contributed by atoms with Gasteiger partial charge >= 0.3 is 0 Å². The molecule has 35 rings (SSSR count).